The summed E-state index contributed by atoms with van der Waals surface area (Å²) in [7, 11) is 0. The Labute approximate surface area is 252 Å². The summed E-state index contributed by atoms with van der Waals surface area (Å²) in [5.41, 5.74) is 2.60. The van der Waals surface area contributed by atoms with Gasteiger partial charge in [0, 0.05) is 15.8 Å². The minimum absolute atomic E-state index is 0.304. The number of thiophene rings is 1. The highest BCUT2D eigenvalue weighted by atomic mass is 32.1. The van der Waals surface area contributed by atoms with Gasteiger partial charge in [0.25, 0.3) is 0 Å². The largest absolute Gasteiger partial charge is 0.494 e. The van der Waals surface area contributed by atoms with Gasteiger partial charge in [-0.05, 0) is 89.3 Å². The number of fused-ring (bicyclic) bond motifs is 1. The summed E-state index contributed by atoms with van der Waals surface area (Å²) in [6.07, 6.45) is 13.1. The summed E-state index contributed by atoms with van der Waals surface area (Å²) in [4.78, 5) is 24.6. The predicted molar refractivity (Wildman–Crippen MR) is 172 cm³/mol. The van der Waals surface area contributed by atoms with Gasteiger partial charge in [-0.1, -0.05) is 76.1 Å². The Kier molecular flexibility index (Phi) is 12.2. The molecule has 0 spiro atoms. The summed E-state index contributed by atoms with van der Waals surface area (Å²) in [5.74, 6) is -0.331. The lowest BCUT2D eigenvalue weighted by Crippen LogP contribution is -2.01. The maximum Gasteiger partial charge on any atom is 0.335 e. The highest BCUT2D eigenvalue weighted by Crippen LogP contribution is 2.36. The summed E-state index contributed by atoms with van der Waals surface area (Å²) in [6.45, 7) is 4.64. The zero-order valence-corrected chi connectivity index (χ0v) is 25.0. The molecule has 0 saturated carbocycles. The average Bonchev–Trinajstić information content (AvgIpc) is 3.51. The third-order valence-electron chi connectivity index (χ3n) is 7.33. The second kappa shape index (κ2) is 16.5. The van der Waals surface area contributed by atoms with Crippen molar-refractivity contribution in [1.82, 2.24) is 0 Å². The maximum absolute atomic E-state index is 11.2. The molecule has 0 aliphatic carbocycles. The van der Waals surface area contributed by atoms with Gasteiger partial charge in [0.15, 0.2) is 0 Å². The highest BCUT2D eigenvalue weighted by molar-refractivity contribution is 7.18. The Morgan fingerprint density at radius 2 is 1.21 bits per heavy atom. The van der Waals surface area contributed by atoms with Gasteiger partial charge in [-0.3, -0.25) is 0 Å². The highest BCUT2D eigenvalue weighted by Gasteiger charge is 2.08. The van der Waals surface area contributed by atoms with Gasteiger partial charge < -0.3 is 14.6 Å². The molecule has 0 unspecified atom stereocenters. The summed E-state index contributed by atoms with van der Waals surface area (Å²) in [5, 5.41) is 11.2. The molecule has 1 heterocycles. The SMILES string of the molecule is C=CC(=O)OCCCCCCCCCCCCOc1ccc(-c2ccc(-c3ccc4cc(C(=O)O)ccc4c3)s2)cc1. The fraction of sp³-hybridized carbons (Fsp3) is 0.333. The number of esters is 1. The van der Waals surface area contributed by atoms with Crippen LogP contribution in [0.2, 0.25) is 0 Å². The molecule has 0 bridgehead atoms. The molecule has 0 atom stereocenters. The van der Waals surface area contributed by atoms with Gasteiger partial charge in [0.2, 0.25) is 0 Å². The van der Waals surface area contributed by atoms with Crippen LogP contribution in [0.3, 0.4) is 0 Å². The van der Waals surface area contributed by atoms with E-state index in [0.29, 0.717) is 12.2 Å². The van der Waals surface area contributed by atoms with Crippen molar-refractivity contribution < 1.29 is 24.2 Å². The van der Waals surface area contributed by atoms with Gasteiger partial charge in [-0.25, -0.2) is 9.59 Å². The number of carbonyl (C=O) groups is 2. The Morgan fingerprint density at radius 3 is 1.86 bits per heavy atom. The molecular formula is C36H40O5S. The third kappa shape index (κ3) is 9.59. The molecule has 0 saturated heterocycles. The number of unbranched alkanes of at least 4 members (excludes halogenated alkanes) is 9. The van der Waals surface area contributed by atoms with E-state index in [1.807, 2.05) is 24.3 Å². The number of hydrogen-bond acceptors (Lipinski definition) is 5. The van der Waals surface area contributed by atoms with Crippen LogP contribution >= 0.6 is 11.3 Å². The monoisotopic (exact) mass is 584 g/mol. The van der Waals surface area contributed by atoms with E-state index in [0.717, 1.165) is 48.0 Å². The van der Waals surface area contributed by atoms with Crippen LogP contribution < -0.4 is 4.74 Å². The second-order valence-electron chi connectivity index (χ2n) is 10.5. The van der Waals surface area contributed by atoms with E-state index in [9.17, 15) is 14.7 Å². The van der Waals surface area contributed by atoms with Crippen LogP contribution in [-0.2, 0) is 9.53 Å². The van der Waals surface area contributed by atoms with Crippen molar-refractivity contribution in [2.45, 2.75) is 64.2 Å². The van der Waals surface area contributed by atoms with Gasteiger partial charge in [-0.15, -0.1) is 11.3 Å². The van der Waals surface area contributed by atoms with Crippen LogP contribution in [0.4, 0.5) is 0 Å². The van der Waals surface area contributed by atoms with Crippen molar-refractivity contribution in [3.63, 3.8) is 0 Å². The van der Waals surface area contributed by atoms with Crippen LogP contribution in [0.1, 0.15) is 74.6 Å². The Bertz CT molecular complexity index is 1450. The van der Waals surface area contributed by atoms with E-state index in [1.54, 1.807) is 23.5 Å². The van der Waals surface area contributed by atoms with Gasteiger partial charge in [0.05, 0.1) is 18.8 Å². The normalized spacial score (nSPS) is 11.0. The molecule has 3 aromatic carbocycles. The number of ether oxygens (including phenoxy) is 2. The molecule has 4 aromatic rings. The van der Waals surface area contributed by atoms with Crippen molar-refractivity contribution in [3.05, 3.63) is 91.0 Å². The zero-order chi connectivity index (χ0) is 29.6. The summed E-state index contributed by atoms with van der Waals surface area (Å²) >= 11 is 1.75. The minimum atomic E-state index is -0.908. The van der Waals surface area contributed by atoms with E-state index >= 15 is 0 Å². The Balaban J connectivity index is 1.11. The number of rotatable bonds is 18. The Morgan fingerprint density at radius 1 is 0.667 bits per heavy atom. The molecule has 0 radical (unpaired) electrons. The van der Waals surface area contributed by atoms with Crippen LogP contribution in [0.15, 0.2) is 85.5 Å². The lowest BCUT2D eigenvalue weighted by atomic mass is 10.0. The van der Waals surface area contributed by atoms with E-state index in [4.69, 9.17) is 9.47 Å². The van der Waals surface area contributed by atoms with Crippen molar-refractivity contribution in [3.8, 4) is 26.6 Å². The molecule has 5 nitrogen and oxygen atoms in total. The van der Waals surface area contributed by atoms with E-state index in [2.05, 4.69) is 43.0 Å². The summed E-state index contributed by atoms with van der Waals surface area (Å²) in [6, 6.07) is 24.0. The molecule has 0 aliphatic heterocycles. The molecule has 0 aliphatic rings. The second-order valence-corrected chi connectivity index (χ2v) is 11.6. The van der Waals surface area contributed by atoms with Crippen LogP contribution in [-0.4, -0.2) is 30.3 Å². The maximum atomic E-state index is 11.2. The van der Waals surface area contributed by atoms with E-state index in [1.165, 1.54) is 66.3 Å². The first kappa shape index (κ1) is 31.0. The first-order valence-electron chi connectivity index (χ1n) is 14.9. The number of carboxylic acid groups (broad SMARTS) is 1. The fourth-order valence-electron chi connectivity index (χ4n) is 4.94. The minimum Gasteiger partial charge on any atom is -0.494 e. The predicted octanol–water partition coefficient (Wildman–Crippen LogP) is 9.94. The molecule has 4 rings (SSSR count). The number of hydrogen-bond donors (Lipinski definition) is 1. The Hall–Kier alpha value is -3.90. The first-order valence-corrected chi connectivity index (χ1v) is 15.7. The standard InChI is InChI=1S/C36H40O5S/c1-2-35(37)41-24-12-10-8-6-4-3-5-7-9-11-23-40-32-19-17-27(18-20-32)33-21-22-34(42-33)30-15-13-29-26-31(36(38)39)16-14-28(29)25-30/h2,13-22,25-26H,1,3-12,23-24H2,(H,38,39). The zero-order valence-electron chi connectivity index (χ0n) is 24.2. The first-order chi connectivity index (χ1) is 20.5. The van der Waals surface area contributed by atoms with Gasteiger partial charge >= 0.3 is 11.9 Å². The van der Waals surface area contributed by atoms with Crippen LogP contribution in [0.25, 0.3) is 31.7 Å². The van der Waals surface area contributed by atoms with E-state index in [-0.39, 0.29) is 5.97 Å². The van der Waals surface area contributed by atoms with Crippen molar-refractivity contribution in [1.29, 1.82) is 0 Å². The quantitative estimate of drug-likeness (QED) is 0.0716. The van der Waals surface area contributed by atoms with Crippen LogP contribution in [0, 0.1) is 0 Å². The topological polar surface area (TPSA) is 72.8 Å². The average molecular weight is 585 g/mol. The molecule has 0 fully saturated rings. The molecule has 1 aromatic heterocycles. The van der Waals surface area contributed by atoms with Gasteiger partial charge in [0.1, 0.15) is 5.75 Å². The lowest BCUT2D eigenvalue weighted by Gasteiger charge is -2.07. The van der Waals surface area contributed by atoms with Gasteiger partial charge in [-0.2, -0.15) is 0 Å². The molecule has 6 heteroatoms. The number of carboxylic acids is 1. The van der Waals surface area contributed by atoms with Crippen molar-refractivity contribution in [2.24, 2.45) is 0 Å². The smallest absolute Gasteiger partial charge is 0.335 e. The summed E-state index contributed by atoms with van der Waals surface area (Å²) < 4.78 is 11.0. The number of benzene rings is 3. The molecule has 1 N–H and O–H groups in total. The fourth-order valence-corrected chi connectivity index (χ4v) is 5.94. The number of carbonyl (C=O) groups excluding carboxylic acids is 1. The molecular weight excluding hydrogens is 544 g/mol. The number of aromatic carboxylic acids is 1. The van der Waals surface area contributed by atoms with Crippen molar-refractivity contribution >= 4 is 34.0 Å². The molecule has 220 valence electrons. The third-order valence-corrected chi connectivity index (χ3v) is 8.52. The molecule has 0 amide bonds. The lowest BCUT2D eigenvalue weighted by molar-refractivity contribution is -0.137. The van der Waals surface area contributed by atoms with E-state index < -0.39 is 5.97 Å². The van der Waals surface area contributed by atoms with Crippen LogP contribution in [0.5, 0.6) is 5.75 Å². The van der Waals surface area contributed by atoms with Crippen molar-refractivity contribution in [2.75, 3.05) is 13.2 Å². The molecule has 42 heavy (non-hydrogen) atoms.